The van der Waals surface area contributed by atoms with E-state index in [4.69, 9.17) is 0 Å². The van der Waals surface area contributed by atoms with Gasteiger partial charge in [0.1, 0.15) is 11.9 Å². The van der Waals surface area contributed by atoms with E-state index in [1.54, 1.807) is 6.07 Å². The number of aliphatic hydroxyl groups excluding tert-OH is 1. The van der Waals surface area contributed by atoms with E-state index in [1.807, 2.05) is 13.0 Å². The molecule has 0 saturated carbocycles. The molecule has 92 valence electrons. The number of allylic oxidation sites excluding steroid dienone is 1. The molecule has 1 nitrogen and oxygen atoms in total. The number of aliphatic hydroxyl groups is 1. The van der Waals surface area contributed by atoms with Crippen LogP contribution in [0.25, 0.3) is 0 Å². The Hall–Kier alpha value is -1.15. The summed E-state index contributed by atoms with van der Waals surface area (Å²) < 4.78 is 13.8. The second kappa shape index (κ2) is 5.46. The van der Waals surface area contributed by atoms with Gasteiger partial charge in [0, 0.05) is 5.56 Å². The molecule has 0 aromatic heterocycles. The lowest BCUT2D eigenvalue weighted by atomic mass is 9.96. The van der Waals surface area contributed by atoms with Gasteiger partial charge in [-0.3, -0.25) is 0 Å². The maximum absolute atomic E-state index is 13.8. The van der Waals surface area contributed by atoms with E-state index in [0.717, 1.165) is 30.4 Å². The van der Waals surface area contributed by atoms with Crippen molar-refractivity contribution in [3.63, 3.8) is 0 Å². The third-order valence-corrected chi connectivity index (χ3v) is 3.38. The summed E-state index contributed by atoms with van der Waals surface area (Å²) in [6.07, 6.45) is 6.66. The molecule has 1 unspecified atom stereocenters. The summed E-state index contributed by atoms with van der Waals surface area (Å²) in [4.78, 5) is 0. The Bertz CT molecular complexity index is 423. The first-order valence-electron chi connectivity index (χ1n) is 6.31. The van der Waals surface area contributed by atoms with Gasteiger partial charge in [-0.25, -0.2) is 4.39 Å². The fourth-order valence-electron chi connectivity index (χ4n) is 2.34. The van der Waals surface area contributed by atoms with Crippen molar-refractivity contribution < 1.29 is 9.50 Å². The third kappa shape index (κ3) is 2.95. The predicted molar refractivity (Wildman–Crippen MR) is 67.3 cm³/mol. The Balaban J connectivity index is 2.23. The van der Waals surface area contributed by atoms with E-state index in [1.165, 1.54) is 18.9 Å². The molecule has 1 aliphatic rings. The van der Waals surface area contributed by atoms with Crippen molar-refractivity contribution >= 4 is 0 Å². The van der Waals surface area contributed by atoms with Gasteiger partial charge in [0.15, 0.2) is 0 Å². The molecule has 1 aliphatic carbocycles. The molecule has 0 heterocycles. The molecule has 0 amide bonds. The van der Waals surface area contributed by atoms with Crippen LogP contribution < -0.4 is 0 Å². The van der Waals surface area contributed by atoms with Crippen LogP contribution in [0.5, 0.6) is 0 Å². The third-order valence-electron chi connectivity index (χ3n) is 3.38. The Morgan fingerprint density at radius 2 is 2.06 bits per heavy atom. The molecule has 1 aromatic carbocycles. The average molecular weight is 234 g/mol. The van der Waals surface area contributed by atoms with Gasteiger partial charge >= 0.3 is 0 Å². The summed E-state index contributed by atoms with van der Waals surface area (Å²) in [7, 11) is 0. The molecule has 0 bridgehead atoms. The second-order valence-corrected chi connectivity index (χ2v) is 4.81. The Morgan fingerprint density at radius 3 is 2.82 bits per heavy atom. The first kappa shape index (κ1) is 12.3. The molecular formula is C15H19FO. The fourth-order valence-corrected chi connectivity index (χ4v) is 2.34. The summed E-state index contributed by atoms with van der Waals surface area (Å²) in [6, 6.07) is 5.02. The molecule has 17 heavy (non-hydrogen) atoms. The minimum absolute atomic E-state index is 0.303. The van der Waals surface area contributed by atoms with E-state index in [-0.39, 0.29) is 5.82 Å². The molecular weight excluding hydrogens is 215 g/mol. The summed E-state index contributed by atoms with van der Waals surface area (Å²) in [5.74, 6) is -0.303. The smallest absolute Gasteiger partial charge is 0.129 e. The lowest BCUT2D eigenvalue weighted by Gasteiger charge is -2.15. The van der Waals surface area contributed by atoms with E-state index < -0.39 is 6.10 Å². The Labute approximate surface area is 102 Å². The molecule has 1 atom stereocenters. The van der Waals surface area contributed by atoms with Crippen molar-refractivity contribution in [2.24, 2.45) is 0 Å². The van der Waals surface area contributed by atoms with Crippen LogP contribution in [0, 0.1) is 12.7 Å². The minimum atomic E-state index is -0.770. The molecule has 0 radical (unpaired) electrons. The summed E-state index contributed by atoms with van der Waals surface area (Å²) in [5.41, 5.74) is 2.27. The zero-order chi connectivity index (χ0) is 12.3. The van der Waals surface area contributed by atoms with Gasteiger partial charge in [-0.1, -0.05) is 24.6 Å². The van der Waals surface area contributed by atoms with E-state index >= 15 is 0 Å². The van der Waals surface area contributed by atoms with Gasteiger partial charge in [-0.05, 0) is 49.8 Å². The second-order valence-electron chi connectivity index (χ2n) is 4.81. The Kier molecular flexibility index (Phi) is 3.95. The van der Waals surface area contributed by atoms with Gasteiger partial charge < -0.3 is 5.11 Å². The zero-order valence-electron chi connectivity index (χ0n) is 10.2. The highest BCUT2D eigenvalue weighted by Gasteiger charge is 2.17. The quantitative estimate of drug-likeness (QED) is 0.765. The van der Waals surface area contributed by atoms with Crippen LogP contribution in [0.2, 0.25) is 0 Å². The molecule has 0 saturated heterocycles. The van der Waals surface area contributed by atoms with Crippen molar-refractivity contribution in [2.75, 3.05) is 0 Å². The topological polar surface area (TPSA) is 20.2 Å². The van der Waals surface area contributed by atoms with Crippen LogP contribution in [-0.4, -0.2) is 5.11 Å². The molecule has 1 aromatic rings. The normalized spacial score (nSPS) is 18.4. The predicted octanol–water partition coefficient (Wildman–Crippen LogP) is 4.06. The summed E-state index contributed by atoms with van der Waals surface area (Å²) in [6.45, 7) is 1.85. The first-order valence-corrected chi connectivity index (χ1v) is 6.31. The summed E-state index contributed by atoms with van der Waals surface area (Å²) >= 11 is 0. The summed E-state index contributed by atoms with van der Waals surface area (Å²) in [5, 5.41) is 10.2. The average Bonchev–Trinajstić information content (AvgIpc) is 2.56. The number of hydrogen-bond donors (Lipinski definition) is 1. The lowest BCUT2D eigenvalue weighted by molar-refractivity contribution is 0.205. The van der Waals surface area contributed by atoms with Gasteiger partial charge in [0.05, 0.1) is 0 Å². The number of benzene rings is 1. The maximum atomic E-state index is 13.8. The molecule has 0 aliphatic heterocycles. The van der Waals surface area contributed by atoms with Crippen LogP contribution in [0.15, 0.2) is 29.8 Å². The van der Waals surface area contributed by atoms with Crippen LogP contribution in [0.3, 0.4) is 0 Å². The lowest BCUT2D eigenvalue weighted by Crippen LogP contribution is -2.04. The molecule has 0 spiro atoms. The van der Waals surface area contributed by atoms with Crippen LogP contribution >= 0.6 is 0 Å². The number of aryl methyl sites for hydroxylation is 1. The standard InChI is InChI=1S/C15H19FO/c1-11-8-9-13(14(16)10-11)15(17)12-6-4-2-3-5-7-12/h6,8-10,15,17H,2-5,7H2,1H3. The van der Waals surface area contributed by atoms with E-state index in [0.29, 0.717) is 5.56 Å². The van der Waals surface area contributed by atoms with Crippen molar-refractivity contribution in [2.45, 2.75) is 45.1 Å². The van der Waals surface area contributed by atoms with Crippen LogP contribution in [0.4, 0.5) is 4.39 Å². The molecule has 2 rings (SSSR count). The number of hydrogen-bond acceptors (Lipinski definition) is 1. The zero-order valence-corrected chi connectivity index (χ0v) is 10.2. The highest BCUT2D eigenvalue weighted by molar-refractivity contribution is 5.30. The van der Waals surface area contributed by atoms with E-state index in [9.17, 15) is 9.50 Å². The first-order chi connectivity index (χ1) is 8.18. The maximum Gasteiger partial charge on any atom is 0.129 e. The molecule has 2 heteroatoms. The number of rotatable bonds is 2. The van der Waals surface area contributed by atoms with Crippen molar-refractivity contribution in [3.8, 4) is 0 Å². The van der Waals surface area contributed by atoms with Crippen LogP contribution in [0.1, 0.15) is 49.3 Å². The van der Waals surface area contributed by atoms with Crippen molar-refractivity contribution in [1.82, 2.24) is 0 Å². The van der Waals surface area contributed by atoms with Crippen molar-refractivity contribution in [1.29, 1.82) is 0 Å². The fraction of sp³-hybridized carbons (Fsp3) is 0.467. The number of halogens is 1. The van der Waals surface area contributed by atoms with E-state index in [2.05, 4.69) is 6.08 Å². The van der Waals surface area contributed by atoms with Gasteiger partial charge in [-0.2, -0.15) is 0 Å². The highest BCUT2D eigenvalue weighted by atomic mass is 19.1. The van der Waals surface area contributed by atoms with Crippen molar-refractivity contribution in [3.05, 3.63) is 46.8 Å². The Morgan fingerprint density at radius 1 is 1.24 bits per heavy atom. The SMILES string of the molecule is Cc1ccc(C(O)C2=CCCCCC2)c(F)c1. The van der Waals surface area contributed by atoms with Gasteiger partial charge in [0.2, 0.25) is 0 Å². The molecule has 0 fully saturated rings. The minimum Gasteiger partial charge on any atom is -0.384 e. The van der Waals surface area contributed by atoms with Gasteiger partial charge in [-0.15, -0.1) is 0 Å². The van der Waals surface area contributed by atoms with Gasteiger partial charge in [0.25, 0.3) is 0 Å². The molecule has 1 N–H and O–H groups in total. The van der Waals surface area contributed by atoms with Crippen LogP contribution in [-0.2, 0) is 0 Å². The largest absolute Gasteiger partial charge is 0.384 e. The monoisotopic (exact) mass is 234 g/mol. The highest BCUT2D eigenvalue weighted by Crippen LogP contribution is 2.30.